The van der Waals surface area contributed by atoms with Crippen molar-refractivity contribution in [2.45, 2.75) is 77.8 Å². The predicted octanol–water partition coefficient (Wildman–Crippen LogP) is 3.36. The first-order valence-corrected chi connectivity index (χ1v) is 6.78. The smallest absolute Gasteiger partial charge is 0.223 e. The van der Waals surface area contributed by atoms with Crippen LogP contribution in [-0.4, -0.2) is 22.9 Å². The van der Waals surface area contributed by atoms with Crippen LogP contribution in [0.1, 0.15) is 65.7 Å². The molecule has 0 radical (unpaired) electrons. The quantitative estimate of drug-likeness (QED) is 0.718. The molecule has 0 spiro atoms. The molecule has 2 aliphatic rings. The molecule has 2 fully saturated rings. The Morgan fingerprint density at radius 3 is 2.00 bits per heavy atom. The molecule has 0 aromatic rings. The SMILES string of the molecule is CC(C)(C)CC(=O)N(C1CCCC1)C1CC1. The molecule has 0 bridgehead atoms. The summed E-state index contributed by atoms with van der Waals surface area (Å²) in [5.41, 5.74) is 0.128. The molecule has 92 valence electrons. The maximum Gasteiger partial charge on any atom is 0.223 e. The van der Waals surface area contributed by atoms with E-state index < -0.39 is 0 Å². The molecule has 2 heteroatoms. The highest BCUT2D eigenvalue weighted by atomic mass is 16.2. The second kappa shape index (κ2) is 4.38. The van der Waals surface area contributed by atoms with Crippen LogP contribution in [0, 0.1) is 5.41 Å². The van der Waals surface area contributed by atoms with Crippen molar-refractivity contribution in [3.63, 3.8) is 0 Å². The Hall–Kier alpha value is -0.530. The molecule has 2 aliphatic carbocycles. The monoisotopic (exact) mass is 223 g/mol. The van der Waals surface area contributed by atoms with Crippen molar-refractivity contribution >= 4 is 5.91 Å². The Balaban J connectivity index is 1.98. The van der Waals surface area contributed by atoms with E-state index in [0.717, 1.165) is 0 Å². The second-order valence-corrected chi connectivity index (χ2v) is 6.71. The zero-order chi connectivity index (χ0) is 11.8. The van der Waals surface area contributed by atoms with Crippen molar-refractivity contribution in [2.24, 2.45) is 5.41 Å². The number of carbonyl (C=O) groups is 1. The third kappa shape index (κ3) is 2.99. The lowest BCUT2D eigenvalue weighted by molar-refractivity contribution is -0.136. The predicted molar refractivity (Wildman–Crippen MR) is 66.2 cm³/mol. The van der Waals surface area contributed by atoms with Gasteiger partial charge in [-0.15, -0.1) is 0 Å². The summed E-state index contributed by atoms with van der Waals surface area (Å²) in [6, 6.07) is 1.17. The largest absolute Gasteiger partial charge is 0.337 e. The lowest BCUT2D eigenvalue weighted by Gasteiger charge is -2.31. The standard InChI is InChI=1S/C14H25NO/c1-14(2,3)10-13(16)15(12-8-9-12)11-6-4-5-7-11/h11-12H,4-10H2,1-3H3. The molecule has 0 atom stereocenters. The minimum Gasteiger partial charge on any atom is -0.337 e. The first kappa shape index (κ1) is 11.9. The number of nitrogens with zero attached hydrogens (tertiary/aromatic N) is 1. The summed E-state index contributed by atoms with van der Waals surface area (Å²) in [7, 11) is 0. The van der Waals surface area contributed by atoms with E-state index in [2.05, 4.69) is 25.7 Å². The van der Waals surface area contributed by atoms with Gasteiger partial charge in [0.2, 0.25) is 5.91 Å². The zero-order valence-electron chi connectivity index (χ0n) is 11.0. The van der Waals surface area contributed by atoms with E-state index in [1.165, 1.54) is 38.5 Å². The van der Waals surface area contributed by atoms with Gasteiger partial charge < -0.3 is 4.90 Å². The number of hydrogen-bond acceptors (Lipinski definition) is 1. The lowest BCUT2D eigenvalue weighted by Crippen LogP contribution is -2.42. The fourth-order valence-electron chi connectivity index (χ4n) is 2.79. The van der Waals surface area contributed by atoms with Gasteiger partial charge in [0, 0.05) is 18.5 Å². The molecule has 2 nitrogen and oxygen atoms in total. The van der Waals surface area contributed by atoms with Crippen LogP contribution in [0.2, 0.25) is 0 Å². The third-order valence-electron chi connectivity index (χ3n) is 3.63. The number of carbonyl (C=O) groups excluding carboxylic acids is 1. The van der Waals surface area contributed by atoms with E-state index in [9.17, 15) is 4.79 Å². The Labute approximate surface area is 99.4 Å². The van der Waals surface area contributed by atoms with Gasteiger partial charge in [-0.3, -0.25) is 4.79 Å². The highest BCUT2D eigenvalue weighted by Gasteiger charge is 2.38. The molecule has 0 aliphatic heterocycles. The molecular formula is C14H25NO. The van der Waals surface area contributed by atoms with Crippen molar-refractivity contribution in [3.8, 4) is 0 Å². The van der Waals surface area contributed by atoms with Gasteiger partial charge in [0.25, 0.3) is 0 Å². The van der Waals surface area contributed by atoms with Crippen molar-refractivity contribution < 1.29 is 4.79 Å². The topological polar surface area (TPSA) is 20.3 Å². The van der Waals surface area contributed by atoms with Crippen LogP contribution in [0.15, 0.2) is 0 Å². The molecular weight excluding hydrogens is 198 g/mol. The van der Waals surface area contributed by atoms with Crippen LogP contribution in [0.3, 0.4) is 0 Å². The van der Waals surface area contributed by atoms with Gasteiger partial charge >= 0.3 is 0 Å². The third-order valence-corrected chi connectivity index (χ3v) is 3.63. The summed E-state index contributed by atoms with van der Waals surface area (Å²) in [6.45, 7) is 6.47. The average molecular weight is 223 g/mol. The Kier molecular flexibility index (Phi) is 3.27. The van der Waals surface area contributed by atoms with Gasteiger partial charge in [0.05, 0.1) is 0 Å². The van der Waals surface area contributed by atoms with E-state index in [1.807, 2.05) is 0 Å². The molecule has 2 rings (SSSR count). The first-order chi connectivity index (χ1) is 7.47. The Morgan fingerprint density at radius 2 is 1.56 bits per heavy atom. The fourth-order valence-corrected chi connectivity index (χ4v) is 2.79. The summed E-state index contributed by atoms with van der Waals surface area (Å²) in [5, 5.41) is 0. The second-order valence-electron chi connectivity index (χ2n) is 6.71. The molecule has 0 unspecified atom stereocenters. The Morgan fingerprint density at radius 1 is 1.06 bits per heavy atom. The van der Waals surface area contributed by atoms with Gasteiger partial charge in [-0.05, 0) is 31.1 Å². The normalized spacial score (nSPS) is 22.4. The van der Waals surface area contributed by atoms with Gasteiger partial charge in [-0.25, -0.2) is 0 Å². The molecule has 0 aromatic heterocycles. The van der Waals surface area contributed by atoms with E-state index >= 15 is 0 Å². The maximum absolute atomic E-state index is 12.4. The summed E-state index contributed by atoms with van der Waals surface area (Å²) in [5.74, 6) is 0.405. The minimum absolute atomic E-state index is 0.128. The van der Waals surface area contributed by atoms with Crippen molar-refractivity contribution in [2.75, 3.05) is 0 Å². The van der Waals surface area contributed by atoms with Gasteiger partial charge in [-0.1, -0.05) is 33.6 Å². The maximum atomic E-state index is 12.4. The van der Waals surface area contributed by atoms with Gasteiger partial charge in [-0.2, -0.15) is 0 Å². The van der Waals surface area contributed by atoms with Crippen molar-refractivity contribution in [1.82, 2.24) is 4.90 Å². The van der Waals surface area contributed by atoms with Crippen LogP contribution in [0.5, 0.6) is 0 Å². The number of rotatable bonds is 3. The van der Waals surface area contributed by atoms with Crippen LogP contribution in [-0.2, 0) is 4.79 Å². The molecule has 0 saturated heterocycles. The zero-order valence-corrected chi connectivity index (χ0v) is 11.0. The average Bonchev–Trinajstić information content (AvgIpc) is 2.78. The molecule has 0 heterocycles. The molecule has 0 N–H and O–H groups in total. The van der Waals surface area contributed by atoms with Crippen LogP contribution < -0.4 is 0 Å². The minimum atomic E-state index is 0.128. The Bertz CT molecular complexity index is 256. The van der Waals surface area contributed by atoms with Crippen LogP contribution in [0.25, 0.3) is 0 Å². The highest BCUT2D eigenvalue weighted by molar-refractivity contribution is 5.78. The number of hydrogen-bond donors (Lipinski definition) is 0. The van der Waals surface area contributed by atoms with E-state index in [0.29, 0.717) is 24.4 Å². The van der Waals surface area contributed by atoms with Crippen LogP contribution >= 0.6 is 0 Å². The van der Waals surface area contributed by atoms with E-state index in [1.54, 1.807) is 0 Å². The van der Waals surface area contributed by atoms with E-state index in [4.69, 9.17) is 0 Å². The van der Waals surface area contributed by atoms with E-state index in [-0.39, 0.29) is 5.41 Å². The van der Waals surface area contributed by atoms with Crippen molar-refractivity contribution in [1.29, 1.82) is 0 Å². The van der Waals surface area contributed by atoms with Crippen molar-refractivity contribution in [3.05, 3.63) is 0 Å². The highest BCUT2D eigenvalue weighted by Crippen LogP contribution is 2.36. The molecule has 16 heavy (non-hydrogen) atoms. The molecule has 0 aromatic carbocycles. The number of amides is 1. The lowest BCUT2D eigenvalue weighted by atomic mass is 9.91. The van der Waals surface area contributed by atoms with Gasteiger partial charge in [0.15, 0.2) is 0 Å². The summed E-state index contributed by atoms with van der Waals surface area (Å²) in [6.07, 6.45) is 8.31. The first-order valence-electron chi connectivity index (χ1n) is 6.78. The van der Waals surface area contributed by atoms with Crippen LogP contribution in [0.4, 0.5) is 0 Å². The van der Waals surface area contributed by atoms with Gasteiger partial charge in [0.1, 0.15) is 0 Å². The summed E-state index contributed by atoms with van der Waals surface area (Å²) < 4.78 is 0. The summed E-state index contributed by atoms with van der Waals surface area (Å²) in [4.78, 5) is 14.6. The summed E-state index contributed by atoms with van der Waals surface area (Å²) >= 11 is 0. The molecule has 1 amide bonds. The fraction of sp³-hybridized carbons (Fsp3) is 0.929. The molecule has 2 saturated carbocycles.